The largest absolute Gasteiger partial charge is 0.436 e. The summed E-state index contributed by atoms with van der Waals surface area (Å²) in [6.07, 6.45) is 1.04. The number of hydrogen-bond acceptors (Lipinski definition) is 5. The van der Waals surface area contributed by atoms with Crippen molar-refractivity contribution in [1.29, 1.82) is 0 Å². The number of hydrogen-bond donors (Lipinski definition) is 1. The average Bonchev–Trinajstić information content (AvgIpc) is 3.37. The molecule has 0 radical (unpaired) electrons. The maximum absolute atomic E-state index is 13.2. The smallest absolute Gasteiger partial charge is 0.254 e. The lowest BCUT2D eigenvalue weighted by atomic mass is 9.96. The van der Waals surface area contributed by atoms with Gasteiger partial charge >= 0.3 is 0 Å². The lowest BCUT2D eigenvalue weighted by Crippen LogP contribution is -2.63. The van der Waals surface area contributed by atoms with Gasteiger partial charge in [-0.25, -0.2) is 4.98 Å². The van der Waals surface area contributed by atoms with E-state index < -0.39 is 11.1 Å². The number of halogens is 1. The third kappa shape index (κ3) is 3.65. The topological polar surface area (TPSA) is 86.9 Å². The minimum absolute atomic E-state index is 0.0943. The molecule has 0 unspecified atom stereocenters. The first-order valence-corrected chi connectivity index (χ1v) is 11.0. The Balaban J connectivity index is 1.32. The highest BCUT2D eigenvalue weighted by molar-refractivity contribution is 6.31. The van der Waals surface area contributed by atoms with Gasteiger partial charge in [-0.15, -0.1) is 0 Å². The predicted molar refractivity (Wildman–Crippen MR) is 120 cm³/mol. The number of fused-ring (bicyclic) bond motifs is 1. The van der Waals surface area contributed by atoms with Crippen LogP contribution in [0, 0.1) is 0 Å². The van der Waals surface area contributed by atoms with Crippen LogP contribution in [0.5, 0.6) is 0 Å². The van der Waals surface area contributed by atoms with Gasteiger partial charge in [-0.1, -0.05) is 11.6 Å². The van der Waals surface area contributed by atoms with Crippen molar-refractivity contribution >= 4 is 34.5 Å². The van der Waals surface area contributed by atoms with Gasteiger partial charge in [0.1, 0.15) is 11.1 Å². The summed E-state index contributed by atoms with van der Waals surface area (Å²) in [4.78, 5) is 33.7. The first kappa shape index (κ1) is 21.0. The van der Waals surface area contributed by atoms with Gasteiger partial charge in [-0.2, -0.15) is 0 Å². The molecular formula is C24H24ClN3O4. The van der Waals surface area contributed by atoms with Crippen molar-refractivity contribution in [3.8, 4) is 11.5 Å². The Labute approximate surface area is 190 Å². The molecule has 7 nitrogen and oxygen atoms in total. The van der Waals surface area contributed by atoms with Gasteiger partial charge in [0, 0.05) is 41.9 Å². The Morgan fingerprint density at radius 2 is 1.81 bits per heavy atom. The summed E-state index contributed by atoms with van der Waals surface area (Å²) in [5.74, 6) is 0.150. The molecule has 1 saturated heterocycles. The van der Waals surface area contributed by atoms with Crippen LogP contribution in [-0.4, -0.2) is 62.5 Å². The number of benzene rings is 2. The fraction of sp³-hybridized carbons (Fsp3) is 0.375. The van der Waals surface area contributed by atoms with Gasteiger partial charge in [-0.3, -0.25) is 9.59 Å². The van der Waals surface area contributed by atoms with E-state index in [2.05, 4.69) is 4.98 Å². The molecule has 0 atom stereocenters. The predicted octanol–water partition coefficient (Wildman–Crippen LogP) is 3.74. The van der Waals surface area contributed by atoms with E-state index in [9.17, 15) is 14.7 Å². The van der Waals surface area contributed by atoms with Gasteiger partial charge < -0.3 is 19.3 Å². The minimum atomic E-state index is -1.19. The molecule has 5 rings (SSSR count). The van der Waals surface area contributed by atoms with E-state index in [4.69, 9.17) is 16.0 Å². The summed E-state index contributed by atoms with van der Waals surface area (Å²) in [5.41, 5.74) is 0.915. The molecule has 1 aliphatic heterocycles. The molecule has 2 aliphatic rings. The number of nitrogens with zero attached hydrogens (tertiary/aromatic N) is 3. The first-order valence-electron chi connectivity index (χ1n) is 10.7. The lowest BCUT2D eigenvalue weighted by Gasteiger charge is -2.47. The van der Waals surface area contributed by atoms with Crippen molar-refractivity contribution in [3.05, 3.63) is 53.1 Å². The molecule has 1 aromatic heterocycles. The number of amides is 2. The van der Waals surface area contributed by atoms with Crippen molar-refractivity contribution in [2.24, 2.45) is 0 Å². The second-order valence-electron chi connectivity index (χ2n) is 9.24. The molecule has 32 heavy (non-hydrogen) atoms. The van der Waals surface area contributed by atoms with E-state index in [0.717, 1.165) is 11.1 Å². The van der Waals surface area contributed by atoms with Crippen molar-refractivity contribution in [3.63, 3.8) is 0 Å². The van der Waals surface area contributed by atoms with Crippen LogP contribution in [0.1, 0.15) is 37.0 Å². The molecule has 2 heterocycles. The maximum Gasteiger partial charge on any atom is 0.254 e. The zero-order valence-corrected chi connectivity index (χ0v) is 18.7. The normalized spacial score (nSPS) is 19.2. The lowest BCUT2D eigenvalue weighted by molar-refractivity contribution is -0.146. The van der Waals surface area contributed by atoms with Crippen molar-refractivity contribution in [2.45, 2.75) is 37.8 Å². The number of carbonyl (C=O) groups excluding carboxylic acids is 2. The third-order valence-corrected chi connectivity index (χ3v) is 6.52. The van der Waals surface area contributed by atoms with Crippen LogP contribution in [0.3, 0.4) is 0 Å². The van der Waals surface area contributed by atoms with E-state index >= 15 is 0 Å². The fourth-order valence-corrected chi connectivity index (χ4v) is 4.43. The zero-order valence-electron chi connectivity index (χ0n) is 18.0. The highest BCUT2D eigenvalue weighted by Crippen LogP contribution is 2.38. The quantitative estimate of drug-likeness (QED) is 0.652. The third-order valence-electron chi connectivity index (χ3n) is 6.29. The van der Waals surface area contributed by atoms with Crippen LogP contribution in [0.15, 0.2) is 46.9 Å². The second-order valence-corrected chi connectivity index (χ2v) is 9.67. The molecule has 1 saturated carbocycles. The first-order chi connectivity index (χ1) is 15.2. The van der Waals surface area contributed by atoms with Crippen LogP contribution < -0.4 is 0 Å². The van der Waals surface area contributed by atoms with E-state index in [1.165, 1.54) is 0 Å². The van der Waals surface area contributed by atoms with Crippen molar-refractivity contribution < 1.29 is 19.1 Å². The molecule has 0 spiro atoms. The summed E-state index contributed by atoms with van der Waals surface area (Å²) < 4.78 is 5.80. The summed E-state index contributed by atoms with van der Waals surface area (Å²) in [6, 6.07) is 12.4. The molecule has 2 fully saturated rings. The van der Waals surface area contributed by atoms with E-state index in [-0.39, 0.29) is 11.8 Å². The number of aromatic nitrogens is 1. The summed E-state index contributed by atoms with van der Waals surface area (Å²) in [7, 11) is 0. The summed E-state index contributed by atoms with van der Waals surface area (Å²) in [6.45, 7) is 5.11. The molecule has 1 aliphatic carbocycles. The molecule has 2 aromatic carbocycles. The molecule has 1 N–H and O–H groups in total. The van der Waals surface area contributed by atoms with E-state index in [1.807, 2.05) is 26.0 Å². The number of rotatable bonds is 3. The molecule has 0 bridgehead atoms. The highest BCUT2D eigenvalue weighted by atomic mass is 35.5. The van der Waals surface area contributed by atoms with E-state index in [1.54, 1.807) is 40.1 Å². The molecule has 166 valence electrons. The van der Waals surface area contributed by atoms with Crippen molar-refractivity contribution in [2.75, 3.05) is 19.6 Å². The highest BCUT2D eigenvalue weighted by Gasteiger charge is 2.52. The van der Waals surface area contributed by atoms with Gasteiger partial charge in [0.25, 0.3) is 11.8 Å². The Morgan fingerprint density at radius 1 is 1.09 bits per heavy atom. The van der Waals surface area contributed by atoms with Crippen LogP contribution in [-0.2, 0) is 4.79 Å². The van der Waals surface area contributed by atoms with Gasteiger partial charge in [0.2, 0.25) is 5.89 Å². The fourth-order valence-electron chi connectivity index (χ4n) is 4.26. The van der Waals surface area contributed by atoms with Crippen LogP contribution in [0.25, 0.3) is 22.6 Å². The number of aliphatic hydroxyl groups is 1. The van der Waals surface area contributed by atoms with Gasteiger partial charge in [0.15, 0.2) is 5.58 Å². The van der Waals surface area contributed by atoms with Gasteiger partial charge in [0.05, 0.1) is 5.54 Å². The minimum Gasteiger partial charge on any atom is -0.436 e. The van der Waals surface area contributed by atoms with Crippen LogP contribution in [0.2, 0.25) is 5.02 Å². The Bertz CT molecular complexity index is 1210. The molecular weight excluding hydrogens is 430 g/mol. The SMILES string of the molecule is CC1(C)CN(C(=O)C2(O)CC2)CCN1C(=O)c1ccc(-c2nc3ccc(Cl)cc3o2)cc1. The van der Waals surface area contributed by atoms with Crippen LogP contribution >= 0.6 is 11.6 Å². The standard InChI is InChI=1S/C24H24ClN3O4/c1-23(2)14-27(22(30)24(31)9-10-24)11-12-28(23)21(29)16-5-3-15(4-6-16)20-26-18-8-7-17(25)13-19(18)32-20/h3-8,13,31H,9-12,14H2,1-2H3. The Kier molecular flexibility index (Phi) is 4.80. The van der Waals surface area contributed by atoms with Crippen LogP contribution in [0.4, 0.5) is 0 Å². The number of piperazine rings is 1. The van der Waals surface area contributed by atoms with Crippen molar-refractivity contribution in [1.82, 2.24) is 14.8 Å². The molecule has 3 aromatic rings. The maximum atomic E-state index is 13.2. The Hall–Kier alpha value is -2.90. The number of oxazole rings is 1. The second kappa shape index (κ2) is 7.32. The summed E-state index contributed by atoms with van der Waals surface area (Å²) in [5, 5.41) is 10.7. The molecule has 8 heteroatoms. The Morgan fingerprint density at radius 3 is 2.47 bits per heavy atom. The van der Waals surface area contributed by atoms with E-state index in [0.29, 0.717) is 54.5 Å². The summed E-state index contributed by atoms with van der Waals surface area (Å²) >= 11 is 6.01. The zero-order chi connectivity index (χ0) is 22.7. The number of carbonyl (C=O) groups is 2. The monoisotopic (exact) mass is 453 g/mol. The molecule has 2 amide bonds. The van der Waals surface area contributed by atoms with Gasteiger partial charge in [-0.05, 0) is 63.1 Å². The average molecular weight is 454 g/mol.